The van der Waals surface area contributed by atoms with Gasteiger partial charge in [0.05, 0.1) is 6.10 Å². The maximum Gasteiger partial charge on any atom is 0.0598 e. The molecule has 0 radical (unpaired) electrons. The third-order valence-corrected chi connectivity index (χ3v) is 5.86. The Labute approximate surface area is 116 Å². The first-order chi connectivity index (χ1) is 8.76. The van der Waals surface area contributed by atoms with E-state index < -0.39 is 0 Å². The Morgan fingerprint density at radius 1 is 1.44 bits per heavy atom. The van der Waals surface area contributed by atoms with E-state index in [-0.39, 0.29) is 0 Å². The standard InChI is InChI=1S/C14H28N2OS/c1-11-8-13(17-2)5-6-16(11)14(9-15)12-4-3-7-18-10-12/h11-14H,3-10,15H2,1-2H3. The number of rotatable bonds is 4. The van der Waals surface area contributed by atoms with Crippen LogP contribution in [0.25, 0.3) is 0 Å². The Bertz CT molecular complexity index is 246. The van der Waals surface area contributed by atoms with E-state index in [1.54, 1.807) is 0 Å². The van der Waals surface area contributed by atoms with Crippen molar-refractivity contribution >= 4 is 11.8 Å². The number of methoxy groups -OCH3 is 1. The number of likely N-dealkylation sites (tertiary alicyclic amines) is 1. The van der Waals surface area contributed by atoms with Gasteiger partial charge in [0.25, 0.3) is 0 Å². The Morgan fingerprint density at radius 3 is 2.83 bits per heavy atom. The molecule has 2 N–H and O–H groups in total. The fourth-order valence-electron chi connectivity index (χ4n) is 3.52. The van der Waals surface area contributed by atoms with Gasteiger partial charge in [-0.15, -0.1) is 0 Å². The van der Waals surface area contributed by atoms with Crippen LogP contribution in [0.5, 0.6) is 0 Å². The van der Waals surface area contributed by atoms with Gasteiger partial charge in [-0.25, -0.2) is 0 Å². The molecule has 2 rings (SSSR count). The zero-order valence-electron chi connectivity index (χ0n) is 11.8. The molecule has 0 saturated carbocycles. The van der Waals surface area contributed by atoms with Crippen LogP contribution in [0.4, 0.5) is 0 Å². The molecular weight excluding hydrogens is 244 g/mol. The van der Waals surface area contributed by atoms with Crippen molar-refractivity contribution in [1.82, 2.24) is 4.90 Å². The van der Waals surface area contributed by atoms with Gasteiger partial charge in [0.2, 0.25) is 0 Å². The molecule has 0 aliphatic carbocycles. The highest BCUT2D eigenvalue weighted by Crippen LogP contribution is 2.31. The van der Waals surface area contributed by atoms with Crippen LogP contribution in [-0.2, 0) is 4.74 Å². The quantitative estimate of drug-likeness (QED) is 0.849. The molecule has 0 amide bonds. The number of nitrogens with two attached hydrogens (primary N) is 1. The highest BCUT2D eigenvalue weighted by Gasteiger charge is 2.34. The smallest absolute Gasteiger partial charge is 0.0598 e. The number of hydrogen-bond acceptors (Lipinski definition) is 4. The lowest BCUT2D eigenvalue weighted by molar-refractivity contribution is -0.0102. The van der Waals surface area contributed by atoms with E-state index in [9.17, 15) is 0 Å². The highest BCUT2D eigenvalue weighted by molar-refractivity contribution is 7.99. The number of hydrogen-bond donors (Lipinski definition) is 1. The van der Waals surface area contributed by atoms with Crippen molar-refractivity contribution < 1.29 is 4.74 Å². The maximum absolute atomic E-state index is 6.08. The molecule has 0 aromatic heterocycles. The van der Waals surface area contributed by atoms with Crippen LogP contribution in [0.2, 0.25) is 0 Å². The molecule has 0 aromatic carbocycles. The summed E-state index contributed by atoms with van der Waals surface area (Å²) in [5.41, 5.74) is 6.08. The Morgan fingerprint density at radius 2 is 2.28 bits per heavy atom. The largest absolute Gasteiger partial charge is 0.381 e. The van der Waals surface area contributed by atoms with Gasteiger partial charge < -0.3 is 10.5 Å². The summed E-state index contributed by atoms with van der Waals surface area (Å²) in [6.07, 6.45) is 5.51. The minimum absolute atomic E-state index is 0.454. The monoisotopic (exact) mass is 272 g/mol. The van der Waals surface area contributed by atoms with E-state index in [2.05, 4.69) is 23.6 Å². The average Bonchev–Trinajstić information content (AvgIpc) is 2.42. The number of ether oxygens (including phenoxy) is 1. The third-order valence-electron chi connectivity index (χ3n) is 4.62. The summed E-state index contributed by atoms with van der Waals surface area (Å²) in [6.45, 7) is 4.31. The minimum atomic E-state index is 0.454. The molecule has 4 atom stereocenters. The van der Waals surface area contributed by atoms with Crippen molar-refractivity contribution in [1.29, 1.82) is 0 Å². The first kappa shape index (κ1) is 14.6. The Hall–Kier alpha value is 0.230. The van der Waals surface area contributed by atoms with Gasteiger partial charge in [-0.05, 0) is 50.0 Å². The van der Waals surface area contributed by atoms with Crippen molar-refractivity contribution in [2.45, 2.75) is 50.8 Å². The normalized spacial score (nSPS) is 36.5. The first-order valence-corrected chi connectivity index (χ1v) is 8.48. The molecule has 2 heterocycles. The minimum Gasteiger partial charge on any atom is -0.381 e. The number of thioether (sulfide) groups is 1. The first-order valence-electron chi connectivity index (χ1n) is 7.32. The van der Waals surface area contributed by atoms with Gasteiger partial charge in [0.15, 0.2) is 0 Å². The summed E-state index contributed by atoms with van der Waals surface area (Å²) in [5, 5.41) is 0. The summed E-state index contributed by atoms with van der Waals surface area (Å²) in [5.74, 6) is 3.45. The number of piperidine rings is 1. The van der Waals surface area contributed by atoms with Crippen LogP contribution in [0.1, 0.15) is 32.6 Å². The lowest BCUT2D eigenvalue weighted by atomic mass is 9.90. The number of nitrogens with zero attached hydrogens (tertiary/aromatic N) is 1. The van der Waals surface area contributed by atoms with Gasteiger partial charge >= 0.3 is 0 Å². The molecule has 3 nitrogen and oxygen atoms in total. The molecule has 0 spiro atoms. The zero-order chi connectivity index (χ0) is 13.0. The van der Waals surface area contributed by atoms with Crippen molar-refractivity contribution in [3.63, 3.8) is 0 Å². The van der Waals surface area contributed by atoms with E-state index in [0.29, 0.717) is 18.2 Å². The molecule has 2 saturated heterocycles. The van der Waals surface area contributed by atoms with Gasteiger partial charge in [-0.1, -0.05) is 0 Å². The molecule has 2 aliphatic rings. The van der Waals surface area contributed by atoms with Crippen molar-refractivity contribution in [3.05, 3.63) is 0 Å². The fourth-order valence-corrected chi connectivity index (χ4v) is 4.75. The van der Waals surface area contributed by atoms with Gasteiger partial charge in [0, 0.05) is 32.3 Å². The summed E-state index contributed by atoms with van der Waals surface area (Å²) in [6, 6.07) is 1.20. The van der Waals surface area contributed by atoms with Gasteiger partial charge in [-0.2, -0.15) is 11.8 Å². The summed E-state index contributed by atoms with van der Waals surface area (Å²) in [7, 11) is 1.84. The summed E-state index contributed by atoms with van der Waals surface area (Å²) >= 11 is 2.11. The predicted molar refractivity (Wildman–Crippen MR) is 79.1 cm³/mol. The molecule has 4 heteroatoms. The second-order valence-electron chi connectivity index (χ2n) is 5.75. The second-order valence-corrected chi connectivity index (χ2v) is 6.90. The van der Waals surface area contributed by atoms with Crippen molar-refractivity contribution in [3.8, 4) is 0 Å². The predicted octanol–water partition coefficient (Wildman–Crippen LogP) is 1.96. The molecule has 2 fully saturated rings. The maximum atomic E-state index is 6.08. The van der Waals surface area contributed by atoms with Gasteiger partial charge in [0.1, 0.15) is 0 Å². The van der Waals surface area contributed by atoms with Crippen molar-refractivity contribution in [2.75, 3.05) is 31.7 Å². The van der Waals surface area contributed by atoms with E-state index >= 15 is 0 Å². The zero-order valence-corrected chi connectivity index (χ0v) is 12.6. The molecule has 106 valence electrons. The highest BCUT2D eigenvalue weighted by atomic mass is 32.2. The van der Waals surface area contributed by atoms with Crippen LogP contribution < -0.4 is 5.73 Å². The Balaban J connectivity index is 1.94. The second kappa shape index (κ2) is 7.13. The van der Waals surface area contributed by atoms with Crippen LogP contribution in [0.15, 0.2) is 0 Å². The summed E-state index contributed by atoms with van der Waals surface area (Å²) < 4.78 is 5.51. The molecular formula is C14H28N2OS. The lowest BCUT2D eigenvalue weighted by Crippen LogP contribution is -2.54. The van der Waals surface area contributed by atoms with Crippen molar-refractivity contribution in [2.24, 2.45) is 11.7 Å². The molecule has 0 aromatic rings. The third kappa shape index (κ3) is 3.41. The van der Waals surface area contributed by atoms with Gasteiger partial charge in [-0.3, -0.25) is 4.90 Å². The van der Waals surface area contributed by atoms with Crippen LogP contribution in [0, 0.1) is 5.92 Å². The average molecular weight is 272 g/mol. The van der Waals surface area contributed by atoms with Crippen LogP contribution >= 0.6 is 11.8 Å². The van der Waals surface area contributed by atoms with E-state index in [1.807, 2.05) is 7.11 Å². The molecule has 4 unspecified atom stereocenters. The van der Waals surface area contributed by atoms with Crippen LogP contribution in [0.3, 0.4) is 0 Å². The lowest BCUT2D eigenvalue weighted by Gasteiger charge is -2.45. The van der Waals surface area contributed by atoms with E-state index in [1.165, 1.54) is 24.3 Å². The SMILES string of the molecule is COC1CCN(C(CN)C2CCCSC2)C(C)C1. The molecule has 2 aliphatic heterocycles. The molecule has 18 heavy (non-hydrogen) atoms. The Kier molecular flexibility index (Phi) is 5.80. The molecule has 0 bridgehead atoms. The fraction of sp³-hybridized carbons (Fsp3) is 1.00. The van der Waals surface area contributed by atoms with Crippen LogP contribution in [-0.4, -0.2) is 54.8 Å². The topological polar surface area (TPSA) is 38.5 Å². The van der Waals surface area contributed by atoms with E-state index in [4.69, 9.17) is 10.5 Å². The van der Waals surface area contributed by atoms with E-state index in [0.717, 1.165) is 31.8 Å². The summed E-state index contributed by atoms with van der Waals surface area (Å²) in [4.78, 5) is 2.66.